The van der Waals surface area contributed by atoms with Crippen LogP contribution >= 0.6 is 11.3 Å². The first-order chi connectivity index (χ1) is 6.39. The summed E-state index contributed by atoms with van der Waals surface area (Å²) in [6.07, 6.45) is 0. The molecule has 6 heteroatoms. The van der Waals surface area contributed by atoms with E-state index >= 15 is 0 Å². The van der Waals surface area contributed by atoms with Crippen LogP contribution in [0, 0.1) is 0 Å². The van der Waals surface area contributed by atoms with Crippen LogP contribution in [-0.2, 0) is 16.6 Å². The van der Waals surface area contributed by atoms with Crippen LogP contribution in [0.25, 0.3) is 0 Å². The van der Waals surface area contributed by atoms with Crippen molar-refractivity contribution < 1.29 is 8.42 Å². The maximum Gasteiger partial charge on any atom is 0.247 e. The molecule has 1 aromatic heterocycles. The minimum Gasteiger partial charge on any atom is -0.310 e. The number of rotatable bonds is 4. The monoisotopic (exact) mass is 234 g/mol. The molecule has 0 aromatic carbocycles. The van der Waals surface area contributed by atoms with Crippen molar-refractivity contribution in [2.75, 3.05) is 0 Å². The van der Waals surface area contributed by atoms with E-state index in [1.807, 2.05) is 13.8 Å². The first kappa shape index (κ1) is 11.6. The molecule has 0 bridgehead atoms. The highest BCUT2D eigenvalue weighted by atomic mass is 32.2. The van der Waals surface area contributed by atoms with Crippen molar-refractivity contribution in [3.05, 3.63) is 17.0 Å². The minimum absolute atomic E-state index is 0.220. The maximum absolute atomic E-state index is 11.0. The zero-order valence-electron chi connectivity index (χ0n) is 8.15. The SMILES string of the molecule is CC(C)NCc1csc(S(N)(=O)=O)c1. The van der Waals surface area contributed by atoms with Crippen molar-refractivity contribution in [2.24, 2.45) is 5.14 Å². The first-order valence-corrected chi connectivity index (χ1v) is 6.66. The smallest absolute Gasteiger partial charge is 0.247 e. The summed E-state index contributed by atoms with van der Waals surface area (Å²) in [5.74, 6) is 0. The second kappa shape index (κ2) is 4.39. The molecule has 0 aliphatic heterocycles. The largest absolute Gasteiger partial charge is 0.310 e. The molecule has 0 radical (unpaired) electrons. The molecule has 3 N–H and O–H groups in total. The molecular formula is C8H14N2O2S2. The van der Waals surface area contributed by atoms with E-state index in [1.165, 1.54) is 0 Å². The summed E-state index contributed by atoms with van der Waals surface area (Å²) in [4.78, 5) is 0. The van der Waals surface area contributed by atoms with Gasteiger partial charge in [0, 0.05) is 12.6 Å². The quantitative estimate of drug-likeness (QED) is 0.812. The summed E-state index contributed by atoms with van der Waals surface area (Å²) >= 11 is 1.16. The van der Waals surface area contributed by atoms with Crippen LogP contribution in [0.1, 0.15) is 19.4 Å². The van der Waals surface area contributed by atoms with Gasteiger partial charge in [0.1, 0.15) is 4.21 Å². The highest BCUT2D eigenvalue weighted by Crippen LogP contribution is 2.18. The molecule has 1 rings (SSSR count). The van der Waals surface area contributed by atoms with E-state index < -0.39 is 10.0 Å². The molecule has 0 aliphatic rings. The summed E-state index contributed by atoms with van der Waals surface area (Å²) in [6, 6.07) is 1.99. The Bertz CT molecular complexity index is 395. The first-order valence-electron chi connectivity index (χ1n) is 4.23. The predicted molar refractivity (Wildman–Crippen MR) is 57.7 cm³/mol. The van der Waals surface area contributed by atoms with Gasteiger partial charge < -0.3 is 5.32 Å². The lowest BCUT2D eigenvalue weighted by atomic mass is 10.3. The normalized spacial score (nSPS) is 12.3. The van der Waals surface area contributed by atoms with E-state index in [-0.39, 0.29) is 4.21 Å². The minimum atomic E-state index is -3.53. The van der Waals surface area contributed by atoms with Gasteiger partial charge >= 0.3 is 0 Å². The van der Waals surface area contributed by atoms with Crippen LogP contribution in [0.5, 0.6) is 0 Å². The Morgan fingerprint density at radius 2 is 2.21 bits per heavy atom. The van der Waals surface area contributed by atoms with Gasteiger partial charge in [-0.05, 0) is 17.0 Å². The lowest BCUT2D eigenvalue weighted by Crippen LogP contribution is -2.21. The highest BCUT2D eigenvalue weighted by molar-refractivity contribution is 7.91. The van der Waals surface area contributed by atoms with E-state index in [9.17, 15) is 8.42 Å². The fourth-order valence-corrected chi connectivity index (χ4v) is 2.55. The fraction of sp³-hybridized carbons (Fsp3) is 0.500. The Hall–Kier alpha value is -0.430. The van der Waals surface area contributed by atoms with Gasteiger partial charge in [-0.15, -0.1) is 11.3 Å². The predicted octanol–water partition coefficient (Wildman–Crippen LogP) is 0.894. The van der Waals surface area contributed by atoms with Crippen molar-refractivity contribution in [1.82, 2.24) is 5.32 Å². The summed E-state index contributed by atoms with van der Waals surface area (Å²) in [5, 5.41) is 9.99. The van der Waals surface area contributed by atoms with Crippen LogP contribution in [0.2, 0.25) is 0 Å². The van der Waals surface area contributed by atoms with Crippen LogP contribution in [0.15, 0.2) is 15.7 Å². The van der Waals surface area contributed by atoms with Gasteiger partial charge in [-0.1, -0.05) is 13.8 Å². The second-order valence-corrected chi connectivity index (χ2v) is 6.05. The Balaban J connectivity index is 2.70. The van der Waals surface area contributed by atoms with Gasteiger partial charge in [0.15, 0.2) is 0 Å². The number of sulfonamides is 1. The van der Waals surface area contributed by atoms with Crippen molar-refractivity contribution in [1.29, 1.82) is 0 Å². The van der Waals surface area contributed by atoms with Crippen molar-refractivity contribution >= 4 is 21.4 Å². The molecule has 4 nitrogen and oxygen atoms in total. The molecule has 1 aromatic rings. The van der Waals surface area contributed by atoms with Gasteiger partial charge in [0.2, 0.25) is 10.0 Å². The van der Waals surface area contributed by atoms with Crippen LogP contribution < -0.4 is 10.5 Å². The Kier molecular flexibility index (Phi) is 3.65. The molecule has 0 amide bonds. The van der Waals surface area contributed by atoms with Crippen LogP contribution in [0.4, 0.5) is 0 Å². The summed E-state index contributed by atoms with van der Waals surface area (Å²) in [7, 11) is -3.53. The summed E-state index contributed by atoms with van der Waals surface area (Å²) in [6.45, 7) is 4.74. The Morgan fingerprint density at radius 3 is 2.64 bits per heavy atom. The molecule has 0 aliphatic carbocycles. The molecule has 0 fully saturated rings. The van der Waals surface area contributed by atoms with E-state index in [0.29, 0.717) is 12.6 Å². The van der Waals surface area contributed by atoms with Crippen molar-refractivity contribution in [2.45, 2.75) is 30.6 Å². The third-order valence-electron chi connectivity index (χ3n) is 1.62. The Morgan fingerprint density at radius 1 is 1.57 bits per heavy atom. The summed E-state index contributed by atoms with van der Waals surface area (Å²) in [5.41, 5.74) is 0.952. The Labute approximate surface area is 88.2 Å². The standard InChI is InChI=1S/C8H14N2O2S2/c1-6(2)10-4-7-3-8(13-5-7)14(9,11)12/h3,5-6,10H,4H2,1-2H3,(H2,9,11,12). The van der Waals surface area contributed by atoms with Crippen LogP contribution in [0.3, 0.4) is 0 Å². The van der Waals surface area contributed by atoms with Gasteiger partial charge in [-0.2, -0.15) is 0 Å². The molecule has 0 unspecified atom stereocenters. The average molecular weight is 234 g/mol. The maximum atomic E-state index is 11.0. The van der Waals surface area contributed by atoms with Gasteiger partial charge in [0.25, 0.3) is 0 Å². The van der Waals surface area contributed by atoms with E-state index in [4.69, 9.17) is 5.14 Å². The van der Waals surface area contributed by atoms with Crippen LogP contribution in [-0.4, -0.2) is 14.5 Å². The zero-order chi connectivity index (χ0) is 10.8. The molecule has 14 heavy (non-hydrogen) atoms. The lowest BCUT2D eigenvalue weighted by molar-refractivity contribution is 0.588. The molecule has 0 atom stereocenters. The average Bonchev–Trinajstić information content (AvgIpc) is 2.47. The number of hydrogen-bond donors (Lipinski definition) is 2. The molecule has 0 saturated carbocycles. The van der Waals surface area contributed by atoms with Crippen molar-refractivity contribution in [3.8, 4) is 0 Å². The molecule has 1 heterocycles. The molecule has 80 valence electrons. The second-order valence-electron chi connectivity index (χ2n) is 3.35. The third-order valence-corrected chi connectivity index (χ3v) is 4.06. The fourth-order valence-electron chi connectivity index (χ4n) is 0.917. The molecule has 0 spiro atoms. The van der Waals surface area contributed by atoms with E-state index in [1.54, 1.807) is 11.4 Å². The number of nitrogens with one attached hydrogen (secondary N) is 1. The number of nitrogens with two attached hydrogens (primary N) is 1. The van der Waals surface area contributed by atoms with Gasteiger partial charge in [-0.25, -0.2) is 13.6 Å². The lowest BCUT2D eigenvalue weighted by Gasteiger charge is -2.05. The van der Waals surface area contributed by atoms with E-state index in [0.717, 1.165) is 16.9 Å². The topological polar surface area (TPSA) is 72.2 Å². The number of primary sulfonamides is 1. The molecular weight excluding hydrogens is 220 g/mol. The highest BCUT2D eigenvalue weighted by Gasteiger charge is 2.10. The summed E-state index contributed by atoms with van der Waals surface area (Å²) < 4.78 is 22.1. The van der Waals surface area contributed by atoms with Gasteiger partial charge in [0.05, 0.1) is 0 Å². The van der Waals surface area contributed by atoms with Crippen molar-refractivity contribution in [3.63, 3.8) is 0 Å². The molecule has 0 saturated heterocycles. The zero-order valence-corrected chi connectivity index (χ0v) is 9.78. The number of hydrogen-bond acceptors (Lipinski definition) is 4. The van der Waals surface area contributed by atoms with Gasteiger partial charge in [-0.3, -0.25) is 0 Å². The third kappa shape index (κ3) is 3.38. The number of thiophene rings is 1. The van der Waals surface area contributed by atoms with E-state index in [2.05, 4.69) is 5.32 Å².